The highest BCUT2D eigenvalue weighted by Crippen LogP contribution is 2.26. The molecule has 0 amide bonds. The SMILES string of the molecule is COCCC(C)(C)CNc1cc(Br)ccc1N. The van der Waals surface area contributed by atoms with Crippen molar-refractivity contribution in [3.8, 4) is 0 Å². The molecule has 1 rings (SSSR count). The van der Waals surface area contributed by atoms with Gasteiger partial charge in [-0.1, -0.05) is 29.8 Å². The van der Waals surface area contributed by atoms with E-state index < -0.39 is 0 Å². The molecule has 0 saturated carbocycles. The fourth-order valence-electron chi connectivity index (χ4n) is 1.48. The van der Waals surface area contributed by atoms with Crippen LogP contribution in [-0.4, -0.2) is 20.3 Å². The molecule has 96 valence electrons. The predicted molar refractivity (Wildman–Crippen MR) is 77.3 cm³/mol. The summed E-state index contributed by atoms with van der Waals surface area (Å²) in [6.45, 7) is 6.08. The van der Waals surface area contributed by atoms with E-state index in [2.05, 4.69) is 35.1 Å². The maximum atomic E-state index is 5.91. The summed E-state index contributed by atoms with van der Waals surface area (Å²) in [4.78, 5) is 0. The minimum absolute atomic E-state index is 0.185. The van der Waals surface area contributed by atoms with E-state index in [1.165, 1.54) is 0 Å². The lowest BCUT2D eigenvalue weighted by Gasteiger charge is -2.25. The maximum absolute atomic E-state index is 5.91. The Morgan fingerprint density at radius 1 is 1.41 bits per heavy atom. The second kappa shape index (κ2) is 6.26. The first-order valence-electron chi connectivity index (χ1n) is 5.72. The van der Waals surface area contributed by atoms with Crippen molar-refractivity contribution in [2.45, 2.75) is 20.3 Å². The first-order valence-corrected chi connectivity index (χ1v) is 6.52. The Kier molecular flexibility index (Phi) is 5.28. The van der Waals surface area contributed by atoms with Crippen molar-refractivity contribution in [1.29, 1.82) is 0 Å². The predicted octanol–water partition coefficient (Wildman–Crippen LogP) is 3.51. The van der Waals surface area contributed by atoms with Crippen LogP contribution in [0.25, 0.3) is 0 Å². The quantitative estimate of drug-likeness (QED) is 0.791. The molecule has 0 heterocycles. The second-order valence-corrected chi connectivity index (χ2v) is 5.91. The number of hydrogen-bond donors (Lipinski definition) is 2. The average Bonchev–Trinajstić information content (AvgIpc) is 2.28. The van der Waals surface area contributed by atoms with Gasteiger partial charge in [-0.3, -0.25) is 0 Å². The molecule has 0 aliphatic heterocycles. The van der Waals surface area contributed by atoms with E-state index in [-0.39, 0.29) is 5.41 Å². The van der Waals surface area contributed by atoms with Crippen molar-refractivity contribution in [1.82, 2.24) is 0 Å². The number of anilines is 2. The van der Waals surface area contributed by atoms with E-state index in [0.29, 0.717) is 0 Å². The summed E-state index contributed by atoms with van der Waals surface area (Å²) in [5.41, 5.74) is 7.85. The number of hydrogen-bond acceptors (Lipinski definition) is 3. The fraction of sp³-hybridized carbons (Fsp3) is 0.538. The molecule has 0 bridgehead atoms. The van der Waals surface area contributed by atoms with Gasteiger partial charge in [0.05, 0.1) is 11.4 Å². The monoisotopic (exact) mass is 300 g/mol. The normalized spacial score (nSPS) is 11.5. The highest BCUT2D eigenvalue weighted by Gasteiger charge is 2.17. The van der Waals surface area contributed by atoms with Gasteiger partial charge < -0.3 is 15.8 Å². The summed E-state index contributed by atoms with van der Waals surface area (Å²) in [7, 11) is 1.73. The number of methoxy groups -OCH3 is 1. The van der Waals surface area contributed by atoms with Crippen LogP contribution in [-0.2, 0) is 4.74 Å². The van der Waals surface area contributed by atoms with E-state index >= 15 is 0 Å². The second-order valence-electron chi connectivity index (χ2n) is 4.99. The molecular formula is C13H21BrN2O. The summed E-state index contributed by atoms with van der Waals surface area (Å²) < 4.78 is 6.14. The zero-order chi connectivity index (χ0) is 12.9. The van der Waals surface area contributed by atoms with E-state index in [9.17, 15) is 0 Å². The third-order valence-electron chi connectivity index (χ3n) is 2.76. The van der Waals surface area contributed by atoms with Gasteiger partial charge in [0.15, 0.2) is 0 Å². The van der Waals surface area contributed by atoms with Crippen LogP contribution in [0, 0.1) is 5.41 Å². The highest BCUT2D eigenvalue weighted by molar-refractivity contribution is 9.10. The van der Waals surface area contributed by atoms with Crippen LogP contribution in [0.1, 0.15) is 20.3 Å². The van der Waals surface area contributed by atoms with E-state index in [1.807, 2.05) is 18.2 Å². The number of rotatable bonds is 6. The first kappa shape index (κ1) is 14.3. The fourth-order valence-corrected chi connectivity index (χ4v) is 1.84. The van der Waals surface area contributed by atoms with Gasteiger partial charge >= 0.3 is 0 Å². The Morgan fingerprint density at radius 3 is 2.76 bits per heavy atom. The third kappa shape index (κ3) is 4.96. The van der Waals surface area contributed by atoms with Crippen molar-refractivity contribution in [3.05, 3.63) is 22.7 Å². The van der Waals surface area contributed by atoms with Gasteiger partial charge in [-0.15, -0.1) is 0 Å². The van der Waals surface area contributed by atoms with E-state index in [0.717, 1.165) is 35.4 Å². The zero-order valence-corrected chi connectivity index (χ0v) is 12.3. The summed E-state index contributed by atoms with van der Waals surface area (Å²) in [5, 5.41) is 3.39. The van der Waals surface area contributed by atoms with Crippen molar-refractivity contribution in [2.75, 3.05) is 31.3 Å². The molecule has 0 aliphatic rings. The summed E-state index contributed by atoms with van der Waals surface area (Å²) >= 11 is 3.44. The maximum Gasteiger partial charge on any atom is 0.0585 e. The molecule has 3 N–H and O–H groups in total. The first-order chi connectivity index (χ1) is 7.94. The van der Waals surface area contributed by atoms with Gasteiger partial charge in [0, 0.05) is 24.7 Å². The standard InChI is InChI=1S/C13H21BrN2O/c1-13(2,6-7-17-3)9-16-12-8-10(14)4-5-11(12)15/h4-5,8,16H,6-7,9,15H2,1-3H3. The van der Waals surface area contributed by atoms with Crippen molar-refractivity contribution in [2.24, 2.45) is 5.41 Å². The molecule has 0 spiro atoms. The molecule has 0 atom stereocenters. The lowest BCUT2D eigenvalue weighted by atomic mass is 9.89. The van der Waals surface area contributed by atoms with Crippen LogP contribution in [0.2, 0.25) is 0 Å². The smallest absolute Gasteiger partial charge is 0.0585 e. The minimum atomic E-state index is 0.185. The molecule has 0 aromatic heterocycles. The number of nitrogens with one attached hydrogen (secondary N) is 1. The molecule has 0 radical (unpaired) electrons. The van der Waals surface area contributed by atoms with Crippen LogP contribution in [0.3, 0.4) is 0 Å². The van der Waals surface area contributed by atoms with Crippen LogP contribution in [0.4, 0.5) is 11.4 Å². The van der Waals surface area contributed by atoms with Gasteiger partial charge in [0.2, 0.25) is 0 Å². The number of nitrogens with two attached hydrogens (primary N) is 1. The molecule has 17 heavy (non-hydrogen) atoms. The molecule has 1 aromatic rings. The Hall–Kier alpha value is -0.740. The summed E-state index contributed by atoms with van der Waals surface area (Å²) in [6.07, 6.45) is 1.02. The molecule has 0 unspecified atom stereocenters. The summed E-state index contributed by atoms with van der Waals surface area (Å²) in [5.74, 6) is 0. The summed E-state index contributed by atoms with van der Waals surface area (Å²) in [6, 6.07) is 5.84. The molecule has 0 aliphatic carbocycles. The Bertz CT molecular complexity index is 366. The molecule has 0 saturated heterocycles. The average molecular weight is 301 g/mol. The molecule has 1 aromatic carbocycles. The van der Waals surface area contributed by atoms with Gasteiger partial charge in [-0.25, -0.2) is 0 Å². The molecular weight excluding hydrogens is 280 g/mol. The molecule has 0 fully saturated rings. The Balaban J connectivity index is 2.57. The van der Waals surface area contributed by atoms with Crippen molar-refractivity contribution in [3.63, 3.8) is 0 Å². The van der Waals surface area contributed by atoms with Gasteiger partial charge in [0.25, 0.3) is 0 Å². The lowest BCUT2D eigenvalue weighted by Crippen LogP contribution is -2.25. The molecule has 3 nitrogen and oxygen atoms in total. The van der Waals surface area contributed by atoms with Crippen LogP contribution >= 0.6 is 15.9 Å². The number of halogens is 1. The van der Waals surface area contributed by atoms with Crippen LogP contribution in [0.15, 0.2) is 22.7 Å². The highest BCUT2D eigenvalue weighted by atomic mass is 79.9. The Morgan fingerprint density at radius 2 is 2.12 bits per heavy atom. The van der Waals surface area contributed by atoms with E-state index in [4.69, 9.17) is 10.5 Å². The van der Waals surface area contributed by atoms with Crippen LogP contribution in [0.5, 0.6) is 0 Å². The zero-order valence-electron chi connectivity index (χ0n) is 10.7. The van der Waals surface area contributed by atoms with Crippen LogP contribution < -0.4 is 11.1 Å². The van der Waals surface area contributed by atoms with Gasteiger partial charge in [-0.2, -0.15) is 0 Å². The number of ether oxygens (including phenoxy) is 1. The largest absolute Gasteiger partial charge is 0.397 e. The topological polar surface area (TPSA) is 47.3 Å². The third-order valence-corrected chi connectivity index (χ3v) is 3.25. The minimum Gasteiger partial charge on any atom is -0.397 e. The van der Waals surface area contributed by atoms with Crippen molar-refractivity contribution < 1.29 is 4.74 Å². The van der Waals surface area contributed by atoms with Gasteiger partial charge in [-0.05, 0) is 30.0 Å². The van der Waals surface area contributed by atoms with Crippen molar-refractivity contribution >= 4 is 27.3 Å². The van der Waals surface area contributed by atoms with Gasteiger partial charge in [0.1, 0.15) is 0 Å². The van der Waals surface area contributed by atoms with E-state index in [1.54, 1.807) is 7.11 Å². The number of nitrogen functional groups attached to an aromatic ring is 1. The number of benzene rings is 1. The molecule has 4 heteroatoms. The lowest BCUT2D eigenvalue weighted by molar-refractivity contribution is 0.157. The Labute approximate surface area is 112 Å².